The smallest absolute Gasteiger partial charge is 0.251 e. The van der Waals surface area contributed by atoms with Gasteiger partial charge in [0.1, 0.15) is 0 Å². The lowest BCUT2D eigenvalue weighted by atomic mass is 9.87. The summed E-state index contributed by atoms with van der Waals surface area (Å²) in [7, 11) is 0. The van der Waals surface area contributed by atoms with Crippen molar-refractivity contribution in [3.05, 3.63) is 23.8 Å². The summed E-state index contributed by atoms with van der Waals surface area (Å²) >= 11 is 1.71. The molecule has 0 aliphatic carbocycles. The lowest BCUT2D eigenvalue weighted by Gasteiger charge is -2.25. The van der Waals surface area contributed by atoms with Crippen LogP contribution in [0.15, 0.2) is 18.2 Å². The number of carbonyl (C=O) groups excluding carboxylic acids is 1. The molecule has 160 valence electrons. The molecule has 1 amide bonds. The summed E-state index contributed by atoms with van der Waals surface area (Å²) in [5, 5.41) is 4.25. The molecule has 1 fully saturated rings. The molecule has 2 aromatic rings. The van der Waals surface area contributed by atoms with Crippen molar-refractivity contribution in [2.24, 2.45) is 17.8 Å². The van der Waals surface area contributed by atoms with Crippen LogP contribution < -0.4 is 10.2 Å². The summed E-state index contributed by atoms with van der Waals surface area (Å²) in [5.74, 6) is 2.13. The van der Waals surface area contributed by atoms with Crippen LogP contribution in [0, 0.1) is 17.8 Å². The van der Waals surface area contributed by atoms with Gasteiger partial charge in [0, 0.05) is 25.2 Å². The number of amides is 1. The zero-order valence-electron chi connectivity index (χ0n) is 18.5. The minimum absolute atomic E-state index is 0.0349. The van der Waals surface area contributed by atoms with Gasteiger partial charge in [-0.05, 0) is 74.5 Å². The second kappa shape index (κ2) is 10.4. The van der Waals surface area contributed by atoms with Crippen LogP contribution in [0.5, 0.6) is 0 Å². The second-order valence-electron chi connectivity index (χ2n) is 9.40. The molecule has 29 heavy (non-hydrogen) atoms. The van der Waals surface area contributed by atoms with Crippen LogP contribution in [0.4, 0.5) is 5.13 Å². The minimum Gasteiger partial charge on any atom is -0.352 e. The largest absolute Gasteiger partial charge is 0.352 e. The highest BCUT2D eigenvalue weighted by molar-refractivity contribution is 7.22. The van der Waals surface area contributed by atoms with Gasteiger partial charge in [-0.15, -0.1) is 0 Å². The predicted molar refractivity (Wildman–Crippen MR) is 125 cm³/mol. The number of nitrogens with one attached hydrogen (secondary N) is 1. The van der Waals surface area contributed by atoms with Crippen LogP contribution in [0.3, 0.4) is 0 Å². The molecule has 0 atom stereocenters. The first-order valence-electron chi connectivity index (χ1n) is 11.4. The summed E-state index contributed by atoms with van der Waals surface area (Å²) in [4.78, 5) is 19.9. The summed E-state index contributed by atoms with van der Waals surface area (Å²) < 4.78 is 1.11. The highest BCUT2D eigenvalue weighted by Crippen LogP contribution is 2.31. The number of carbonyl (C=O) groups is 1. The fraction of sp³-hybridized carbons (Fsp3) is 0.667. The number of fused-ring (bicyclic) bond motifs is 1. The average molecular weight is 416 g/mol. The van der Waals surface area contributed by atoms with Crippen molar-refractivity contribution in [2.45, 2.75) is 66.2 Å². The van der Waals surface area contributed by atoms with E-state index < -0.39 is 0 Å². The van der Waals surface area contributed by atoms with Gasteiger partial charge in [0.05, 0.1) is 10.2 Å². The fourth-order valence-corrected chi connectivity index (χ4v) is 5.49. The molecule has 1 aromatic heterocycles. The van der Waals surface area contributed by atoms with Crippen LogP contribution in [0.2, 0.25) is 0 Å². The molecule has 0 radical (unpaired) electrons. The molecule has 5 heteroatoms. The summed E-state index contributed by atoms with van der Waals surface area (Å²) in [6.07, 6.45) is 7.35. The van der Waals surface area contributed by atoms with Crippen LogP contribution in [0.25, 0.3) is 10.2 Å². The molecule has 0 saturated carbocycles. The zero-order valence-corrected chi connectivity index (χ0v) is 19.4. The van der Waals surface area contributed by atoms with E-state index in [1.54, 1.807) is 11.3 Å². The van der Waals surface area contributed by atoms with Gasteiger partial charge in [0.15, 0.2) is 5.13 Å². The van der Waals surface area contributed by atoms with Crippen molar-refractivity contribution >= 4 is 32.6 Å². The van der Waals surface area contributed by atoms with Gasteiger partial charge in [0.2, 0.25) is 0 Å². The van der Waals surface area contributed by atoms with Crippen LogP contribution >= 0.6 is 11.3 Å². The number of hydrogen-bond donors (Lipinski definition) is 1. The van der Waals surface area contributed by atoms with E-state index >= 15 is 0 Å². The number of benzene rings is 1. The third-order valence-corrected chi connectivity index (χ3v) is 6.79. The van der Waals surface area contributed by atoms with Gasteiger partial charge in [-0.2, -0.15) is 0 Å². The number of rotatable bonds is 9. The Balaban J connectivity index is 1.58. The molecule has 0 spiro atoms. The van der Waals surface area contributed by atoms with Gasteiger partial charge in [-0.1, -0.05) is 39.0 Å². The first-order chi connectivity index (χ1) is 13.9. The van der Waals surface area contributed by atoms with Crippen LogP contribution in [-0.4, -0.2) is 30.5 Å². The standard InChI is InChI=1S/C24H37N3OS/c1-17(2)14-19(15-18(3)4)10-11-25-23(28)20-8-9-21-22(16-20)29-24(26-21)27-12-6-5-7-13-27/h8-9,16-19H,5-7,10-15H2,1-4H3,(H,25,28). The van der Waals surface area contributed by atoms with Crippen LogP contribution in [-0.2, 0) is 0 Å². The van der Waals surface area contributed by atoms with E-state index in [0.29, 0.717) is 17.8 Å². The third kappa shape index (κ3) is 6.43. The van der Waals surface area contributed by atoms with Crippen molar-refractivity contribution in [1.29, 1.82) is 0 Å². The summed E-state index contributed by atoms with van der Waals surface area (Å²) in [5.41, 5.74) is 1.75. The molecule has 1 N–H and O–H groups in total. The molecule has 0 bridgehead atoms. The van der Waals surface area contributed by atoms with E-state index in [1.165, 1.54) is 32.1 Å². The van der Waals surface area contributed by atoms with E-state index in [2.05, 4.69) is 37.9 Å². The number of anilines is 1. The predicted octanol–water partition coefficient (Wildman–Crippen LogP) is 6.11. The monoisotopic (exact) mass is 415 g/mol. The van der Waals surface area contributed by atoms with Gasteiger partial charge in [-0.3, -0.25) is 4.79 Å². The van der Waals surface area contributed by atoms with Gasteiger partial charge in [-0.25, -0.2) is 4.98 Å². The average Bonchev–Trinajstić information content (AvgIpc) is 3.11. The molecular formula is C24H37N3OS. The molecule has 1 aliphatic rings. The SMILES string of the molecule is CC(C)CC(CCNC(=O)c1ccc2nc(N3CCCCC3)sc2c1)CC(C)C. The minimum atomic E-state index is 0.0349. The third-order valence-electron chi connectivity index (χ3n) is 5.71. The Kier molecular flexibility index (Phi) is 7.93. The molecule has 1 aromatic carbocycles. The van der Waals surface area contributed by atoms with Crippen LogP contribution in [0.1, 0.15) is 76.6 Å². The molecule has 3 rings (SSSR count). The van der Waals surface area contributed by atoms with Crippen molar-refractivity contribution in [1.82, 2.24) is 10.3 Å². The Morgan fingerprint density at radius 3 is 2.45 bits per heavy atom. The highest BCUT2D eigenvalue weighted by Gasteiger charge is 2.17. The molecule has 4 nitrogen and oxygen atoms in total. The van der Waals surface area contributed by atoms with Gasteiger partial charge >= 0.3 is 0 Å². The fourth-order valence-electron chi connectivity index (χ4n) is 4.43. The van der Waals surface area contributed by atoms with Crippen molar-refractivity contribution < 1.29 is 4.79 Å². The Bertz CT molecular complexity index is 783. The summed E-state index contributed by atoms with van der Waals surface area (Å²) in [6.45, 7) is 12.1. The van der Waals surface area contributed by atoms with E-state index in [0.717, 1.165) is 47.0 Å². The molecule has 0 unspecified atom stereocenters. The molecular weight excluding hydrogens is 378 g/mol. The van der Waals surface area contributed by atoms with Gasteiger partial charge in [0.25, 0.3) is 5.91 Å². The normalized spacial score (nSPS) is 15.1. The molecule has 1 aliphatic heterocycles. The Morgan fingerprint density at radius 2 is 1.79 bits per heavy atom. The lowest BCUT2D eigenvalue weighted by molar-refractivity contribution is 0.0950. The number of aromatic nitrogens is 1. The topological polar surface area (TPSA) is 45.2 Å². The maximum Gasteiger partial charge on any atom is 0.251 e. The first kappa shape index (κ1) is 22.1. The maximum absolute atomic E-state index is 12.7. The maximum atomic E-state index is 12.7. The van der Waals surface area contributed by atoms with E-state index in [4.69, 9.17) is 4.98 Å². The van der Waals surface area contributed by atoms with E-state index in [-0.39, 0.29) is 5.91 Å². The van der Waals surface area contributed by atoms with Crippen molar-refractivity contribution in [3.8, 4) is 0 Å². The quantitative estimate of drug-likeness (QED) is 0.537. The number of thiazole rings is 1. The van der Waals surface area contributed by atoms with E-state index in [1.807, 2.05) is 18.2 Å². The Morgan fingerprint density at radius 1 is 1.10 bits per heavy atom. The zero-order chi connectivity index (χ0) is 20.8. The Hall–Kier alpha value is -1.62. The van der Waals surface area contributed by atoms with E-state index in [9.17, 15) is 4.79 Å². The number of nitrogens with zero attached hydrogens (tertiary/aromatic N) is 2. The number of hydrogen-bond acceptors (Lipinski definition) is 4. The lowest BCUT2D eigenvalue weighted by Crippen LogP contribution is -2.29. The Labute approximate surface area is 180 Å². The molecule has 1 saturated heterocycles. The molecule has 2 heterocycles. The first-order valence-corrected chi connectivity index (χ1v) is 12.2. The summed E-state index contributed by atoms with van der Waals surface area (Å²) in [6, 6.07) is 5.92. The van der Waals surface area contributed by atoms with Crippen molar-refractivity contribution in [3.63, 3.8) is 0 Å². The number of piperidine rings is 1. The van der Waals surface area contributed by atoms with Gasteiger partial charge < -0.3 is 10.2 Å². The van der Waals surface area contributed by atoms with Crippen molar-refractivity contribution in [2.75, 3.05) is 24.5 Å². The second-order valence-corrected chi connectivity index (χ2v) is 10.4. The highest BCUT2D eigenvalue weighted by atomic mass is 32.1.